The number of rotatable bonds is 5. The van der Waals surface area contributed by atoms with Crippen molar-refractivity contribution in [2.24, 2.45) is 13.0 Å². The highest BCUT2D eigenvalue weighted by Gasteiger charge is 2.33. The van der Waals surface area contributed by atoms with E-state index in [2.05, 4.69) is 33.6 Å². The number of hydrogen-bond donors (Lipinski definition) is 1. The van der Waals surface area contributed by atoms with Crippen molar-refractivity contribution in [2.75, 3.05) is 20.1 Å². The summed E-state index contributed by atoms with van der Waals surface area (Å²) in [6.45, 7) is 1.69. The lowest BCUT2D eigenvalue weighted by Crippen LogP contribution is -2.42. The zero-order valence-electron chi connectivity index (χ0n) is 14.8. The Balaban J connectivity index is 1.42. The van der Waals surface area contributed by atoms with Crippen LogP contribution in [0.15, 0.2) is 22.9 Å². The minimum atomic E-state index is -0.170. The van der Waals surface area contributed by atoms with Crippen LogP contribution >= 0.6 is 0 Å². The van der Waals surface area contributed by atoms with Crippen molar-refractivity contribution in [1.82, 2.24) is 25.2 Å². The fourth-order valence-electron chi connectivity index (χ4n) is 3.89. The minimum Gasteiger partial charge on any atom is -0.351 e. The van der Waals surface area contributed by atoms with Gasteiger partial charge >= 0.3 is 0 Å². The normalized spacial score (nSPS) is 24.4. The predicted molar refractivity (Wildman–Crippen MR) is 92.1 cm³/mol. The van der Waals surface area contributed by atoms with Crippen molar-refractivity contribution in [1.29, 1.82) is 0 Å². The Bertz CT molecular complexity index is 748. The second-order valence-electron chi connectivity index (χ2n) is 7.31. The molecule has 2 aliphatic rings. The molecule has 1 N–H and O–H groups in total. The topological polar surface area (TPSA) is 76.2 Å². The van der Waals surface area contributed by atoms with E-state index in [1.54, 1.807) is 6.07 Å². The summed E-state index contributed by atoms with van der Waals surface area (Å²) in [7, 11) is 4.12. The maximum atomic E-state index is 12.4. The van der Waals surface area contributed by atoms with Crippen LogP contribution in [0.1, 0.15) is 59.6 Å². The molecule has 0 radical (unpaired) electrons. The number of likely N-dealkylation sites (tertiary alicyclic amines) is 1. The van der Waals surface area contributed by atoms with Crippen molar-refractivity contribution in [3.8, 4) is 0 Å². The average Bonchev–Trinajstić information content (AvgIpc) is 3.18. The number of aryl methyl sites for hydroxylation is 1. The Morgan fingerprint density at radius 3 is 2.92 bits per heavy atom. The van der Waals surface area contributed by atoms with E-state index in [1.165, 1.54) is 5.69 Å². The van der Waals surface area contributed by atoms with Crippen LogP contribution in [0.4, 0.5) is 0 Å². The third kappa shape index (κ3) is 3.33. The maximum Gasteiger partial charge on any atom is 0.289 e. The summed E-state index contributed by atoms with van der Waals surface area (Å²) in [4.78, 5) is 14.8. The number of nitrogens with zero attached hydrogens (tertiary/aromatic N) is 4. The predicted octanol–water partition coefficient (Wildman–Crippen LogP) is 2.10. The van der Waals surface area contributed by atoms with Crippen molar-refractivity contribution in [3.63, 3.8) is 0 Å². The van der Waals surface area contributed by atoms with Crippen LogP contribution in [-0.2, 0) is 7.05 Å². The van der Waals surface area contributed by atoms with Crippen LogP contribution in [0.25, 0.3) is 0 Å². The van der Waals surface area contributed by atoms with Gasteiger partial charge < -0.3 is 9.84 Å². The summed E-state index contributed by atoms with van der Waals surface area (Å²) in [5, 5.41) is 11.4. The Labute approximate surface area is 147 Å². The molecule has 7 heteroatoms. The fraction of sp³-hybridized carbons (Fsp3) is 0.611. The average molecular weight is 343 g/mol. The number of nitrogens with one attached hydrogen (secondary N) is 1. The third-order valence-corrected chi connectivity index (χ3v) is 5.44. The van der Waals surface area contributed by atoms with E-state index in [-0.39, 0.29) is 11.9 Å². The second-order valence-corrected chi connectivity index (χ2v) is 7.31. The molecule has 2 fully saturated rings. The van der Waals surface area contributed by atoms with Crippen molar-refractivity contribution >= 4 is 5.91 Å². The zero-order chi connectivity index (χ0) is 17.4. The number of carbonyl (C=O) groups excluding carboxylic acids is 1. The number of carbonyl (C=O) groups is 1. The van der Waals surface area contributed by atoms with Crippen molar-refractivity contribution in [3.05, 3.63) is 35.5 Å². The van der Waals surface area contributed by atoms with E-state index in [4.69, 9.17) is 4.52 Å². The van der Waals surface area contributed by atoms with E-state index in [0.717, 1.165) is 37.9 Å². The van der Waals surface area contributed by atoms with Gasteiger partial charge in [0.2, 0.25) is 5.76 Å². The van der Waals surface area contributed by atoms with Crippen LogP contribution in [0.3, 0.4) is 0 Å². The highest BCUT2D eigenvalue weighted by Crippen LogP contribution is 2.39. The molecule has 134 valence electrons. The Morgan fingerprint density at radius 1 is 1.36 bits per heavy atom. The van der Waals surface area contributed by atoms with Gasteiger partial charge in [0.25, 0.3) is 5.91 Å². The van der Waals surface area contributed by atoms with E-state index in [9.17, 15) is 4.79 Å². The Kier molecular flexibility index (Phi) is 4.33. The van der Waals surface area contributed by atoms with Gasteiger partial charge in [0.15, 0.2) is 0 Å². The minimum absolute atomic E-state index is 0.170. The number of piperidine rings is 1. The molecule has 1 aliphatic heterocycles. The summed E-state index contributed by atoms with van der Waals surface area (Å²) < 4.78 is 7.15. The molecular formula is C18H25N5O2. The van der Waals surface area contributed by atoms with Gasteiger partial charge in [-0.1, -0.05) is 5.16 Å². The lowest BCUT2D eigenvalue weighted by Gasteiger charge is -2.39. The van der Waals surface area contributed by atoms with Gasteiger partial charge in [-0.05, 0) is 51.3 Å². The smallest absolute Gasteiger partial charge is 0.289 e. The first-order valence-corrected chi connectivity index (χ1v) is 9.06. The fourth-order valence-corrected chi connectivity index (χ4v) is 3.89. The molecule has 25 heavy (non-hydrogen) atoms. The molecule has 1 saturated heterocycles. The van der Waals surface area contributed by atoms with Gasteiger partial charge in [0.05, 0.1) is 17.4 Å². The van der Waals surface area contributed by atoms with Crippen LogP contribution in [0, 0.1) is 5.92 Å². The molecule has 1 amide bonds. The lowest BCUT2D eigenvalue weighted by molar-refractivity contribution is 0.0848. The summed E-state index contributed by atoms with van der Waals surface area (Å²) >= 11 is 0. The molecule has 4 rings (SSSR count). The molecule has 2 aromatic rings. The van der Waals surface area contributed by atoms with E-state index in [1.807, 2.05) is 17.9 Å². The van der Waals surface area contributed by atoms with Crippen molar-refractivity contribution in [2.45, 2.75) is 37.6 Å². The molecule has 0 aromatic carbocycles. The molecule has 1 saturated carbocycles. The lowest BCUT2D eigenvalue weighted by atomic mass is 9.87. The first-order chi connectivity index (χ1) is 12.1. The highest BCUT2D eigenvalue weighted by molar-refractivity contribution is 5.91. The quantitative estimate of drug-likeness (QED) is 0.900. The Morgan fingerprint density at radius 2 is 2.20 bits per heavy atom. The standard InChI is InChI=1S/C18H25N5O2/c1-22-9-3-4-13(17(22)15-7-8-20-23(15)2)11-19-18(24)16-10-14(21-25-16)12-5-6-12/h7-8,10,12-13,17H,3-6,9,11H2,1-2H3,(H,19,24)/t13-,17+/m0/s1. The van der Waals surface area contributed by atoms with E-state index in [0.29, 0.717) is 24.1 Å². The zero-order valence-corrected chi connectivity index (χ0v) is 14.8. The van der Waals surface area contributed by atoms with Gasteiger partial charge in [-0.3, -0.25) is 14.4 Å². The van der Waals surface area contributed by atoms with Gasteiger partial charge in [-0.15, -0.1) is 0 Å². The van der Waals surface area contributed by atoms with Gasteiger partial charge in [-0.2, -0.15) is 5.10 Å². The van der Waals surface area contributed by atoms with Crippen LogP contribution in [0.2, 0.25) is 0 Å². The summed E-state index contributed by atoms with van der Waals surface area (Å²) in [6, 6.07) is 4.12. The Hall–Kier alpha value is -2.15. The molecule has 2 atom stereocenters. The molecule has 7 nitrogen and oxygen atoms in total. The van der Waals surface area contributed by atoms with Crippen molar-refractivity contribution < 1.29 is 9.32 Å². The molecule has 0 spiro atoms. The van der Waals surface area contributed by atoms with Gasteiger partial charge in [0, 0.05) is 31.8 Å². The SMILES string of the molecule is CN1CCC[C@@H](CNC(=O)c2cc(C3CC3)no2)[C@@H]1c1ccnn1C. The maximum absolute atomic E-state index is 12.4. The first kappa shape index (κ1) is 16.3. The van der Waals surface area contributed by atoms with Crippen LogP contribution < -0.4 is 5.32 Å². The number of hydrogen-bond acceptors (Lipinski definition) is 5. The molecular weight excluding hydrogens is 318 g/mol. The number of aromatic nitrogens is 3. The summed E-state index contributed by atoms with van der Waals surface area (Å²) in [5.74, 6) is 0.995. The molecule has 2 aromatic heterocycles. The molecule has 0 unspecified atom stereocenters. The van der Waals surface area contributed by atoms with E-state index < -0.39 is 0 Å². The molecule has 0 bridgehead atoms. The van der Waals surface area contributed by atoms with Crippen LogP contribution in [-0.4, -0.2) is 45.9 Å². The summed E-state index contributed by atoms with van der Waals surface area (Å²) in [5.41, 5.74) is 2.10. The third-order valence-electron chi connectivity index (χ3n) is 5.44. The van der Waals surface area contributed by atoms with Crippen LogP contribution in [0.5, 0.6) is 0 Å². The van der Waals surface area contributed by atoms with E-state index >= 15 is 0 Å². The van der Waals surface area contributed by atoms with Gasteiger partial charge in [-0.25, -0.2) is 0 Å². The molecule has 1 aliphatic carbocycles. The molecule has 3 heterocycles. The largest absolute Gasteiger partial charge is 0.351 e. The highest BCUT2D eigenvalue weighted by atomic mass is 16.5. The number of amides is 1. The summed E-state index contributed by atoms with van der Waals surface area (Å²) in [6.07, 6.45) is 6.35. The first-order valence-electron chi connectivity index (χ1n) is 9.06. The van der Waals surface area contributed by atoms with Gasteiger partial charge in [0.1, 0.15) is 0 Å². The second kappa shape index (κ2) is 6.63. The monoisotopic (exact) mass is 343 g/mol.